The van der Waals surface area contributed by atoms with E-state index in [9.17, 15) is 4.79 Å². The van der Waals surface area contributed by atoms with E-state index < -0.39 is 0 Å². The fourth-order valence-electron chi connectivity index (χ4n) is 2.26. The maximum absolute atomic E-state index is 11.2. The number of carbonyl (C=O) groups excluding carboxylic acids is 1. The molecular formula is C15H14N2OS. The van der Waals surface area contributed by atoms with Crippen molar-refractivity contribution in [3.05, 3.63) is 41.4 Å². The molecule has 2 heterocycles. The van der Waals surface area contributed by atoms with Gasteiger partial charge in [-0.15, -0.1) is 11.3 Å². The molecule has 4 heteroatoms. The summed E-state index contributed by atoms with van der Waals surface area (Å²) >= 11 is 1.69. The van der Waals surface area contributed by atoms with Gasteiger partial charge in [0.05, 0.1) is 5.56 Å². The number of aryl methyl sites for hydroxylation is 1. The Morgan fingerprint density at radius 1 is 1.37 bits per heavy atom. The molecule has 19 heavy (non-hydrogen) atoms. The summed E-state index contributed by atoms with van der Waals surface area (Å²) < 4.78 is 3.04. The van der Waals surface area contributed by atoms with E-state index in [0.717, 1.165) is 30.5 Å². The summed E-state index contributed by atoms with van der Waals surface area (Å²) in [5.74, 6) is 0. The zero-order valence-electron chi connectivity index (χ0n) is 10.7. The summed E-state index contributed by atoms with van der Waals surface area (Å²) in [5.41, 5.74) is 2.50. The first-order chi connectivity index (χ1) is 9.33. The molecule has 0 aliphatic carbocycles. The third kappa shape index (κ3) is 2.08. The molecule has 0 aliphatic rings. The number of aldehydes is 1. The van der Waals surface area contributed by atoms with Crippen LogP contribution in [0, 0.1) is 0 Å². The number of carbonyl (C=O) groups is 1. The van der Waals surface area contributed by atoms with Crippen molar-refractivity contribution in [3.63, 3.8) is 0 Å². The molecule has 0 amide bonds. The van der Waals surface area contributed by atoms with Crippen molar-refractivity contribution in [2.75, 3.05) is 0 Å². The van der Waals surface area contributed by atoms with Gasteiger partial charge in [0.1, 0.15) is 5.69 Å². The Kier molecular flexibility index (Phi) is 3.17. The highest BCUT2D eigenvalue weighted by Crippen LogP contribution is 2.32. The largest absolute Gasteiger partial charge is 0.298 e. The summed E-state index contributed by atoms with van der Waals surface area (Å²) in [6, 6.07) is 8.22. The van der Waals surface area contributed by atoms with Crippen molar-refractivity contribution in [1.29, 1.82) is 0 Å². The van der Waals surface area contributed by atoms with Crippen LogP contribution in [0.5, 0.6) is 0 Å². The van der Waals surface area contributed by atoms with Crippen LogP contribution in [0.3, 0.4) is 0 Å². The van der Waals surface area contributed by atoms with Gasteiger partial charge in [-0.05, 0) is 23.3 Å². The van der Waals surface area contributed by atoms with E-state index >= 15 is 0 Å². The molecule has 0 saturated heterocycles. The number of rotatable bonds is 4. The molecule has 96 valence electrons. The second-order valence-electron chi connectivity index (χ2n) is 4.46. The lowest BCUT2D eigenvalue weighted by Gasteiger charge is -2.00. The number of thiophene rings is 1. The molecule has 3 aromatic rings. The van der Waals surface area contributed by atoms with Crippen LogP contribution in [0.4, 0.5) is 0 Å². The minimum Gasteiger partial charge on any atom is -0.298 e. The average molecular weight is 270 g/mol. The van der Waals surface area contributed by atoms with Gasteiger partial charge in [-0.25, -0.2) is 0 Å². The molecule has 0 bridgehead atoms. The quantitative estimate of drug-likeness (QED) is 0.672. The van der Waals surface area contributed by atoms with Crippen LogP contribution in [0.1, 0.15) is 23.7 Å². The van der Waals surface area contributed by atoms with Gasteiger partial charge in [-0.1, -0.05) is 25.1 Å². The SMILES string of the molecule is CCCn1cc(C=O)c(-c2cccc3ccsc23)n1. The van der Waals surface area contributed by atoms with Crippen LogP contribution in [0.15, 0.2) is 35.8 Å². The second kappa shape index (κ2) is 4.97. The minimum absolute atomic E-state index is 0.661. The molecule has 0 atom stereocenters. The van der Waals surface area contributed by atoms with Crippen LogP contribution in [0.25, 0.3) is 21.3 Å². The monoisotopic (exact) mass is 270 g/mol. The minimum atomic E-state index is 0.661. The topological polar surface area (TPSA) is 34.9 Å². The summed E-state index contributed by atoms with van der Waals surface area (Å²) in [4.78, 5) is 11.2. The van der Waals surface area contributed by atoms with Crippen molar-refractivity contribution >= 4 is 27.7 Å². The Hall–Kier alpha value is -1.94. The maximum atomic E-state index is 11.2. The van der Waals surface area contributed by atoms with Crippen molar-refractivity contribution in [1.82, 2.24) is 9.78 Å². The van der Waals surface area contributed by atoms with Crippen molar-refractivity contribution in [3.8, 4) is 11.3 Å². The van der Waals surface area contributed by atoms with Gasteiger partial charge < -0.3 is 0 Å². The molecule has 3 nitrogen and oxygen atoms in total. The highest BCUT2D eigenvalue weighted by Gasteiger charge is 2.13. The van der Waals surface area contributed by atoms with Gasteiger partial charge >= 0.3 is 0 Å². The van der Waals surface area contributed by atoms with Crippen molar-refractivity contribution in [2.45, 2.75) is 19.9 Å². The Labute approximate surface area is 115 Å². The van der Waals surface area contributed by atoms with E-state index in [2.05, 4.69) is 29.5 Å². The van der Waals surface area contributed by atoms with Gasteiger partial charge in [0.15, 0.2) is 6.29 Å². The Morgan fingerprint density at radius 3 is 3.05 bits per heavy atom. The molecule has 1 aromatic carbocycles. The second-order valence-corrected chi connectivity index (χ2v) is 5.37. The predicted octanol–water partition coefficient (Wildman–Crippen LogP) is 3.99. The first-order valence-corrected chi connectivity index (χ1v) is 7.20. The average Bonchev–Trinajstić information content (AvgIpc) is 3.04. The molecular weight excluding hydrogens is 256 g/mol. The zero-order chi connectivity index (χ0) is 13.2. The molecule has 0 fully saturated rings. The molecule has 0 spiro atoms. The van der Waals surface area contributed by atoms with Gasteiger partial charge in [-0.2, -0.15) is 5.10 Å². The highest BCUT2D eigenvalue weighted by atomic mass is 32.1. The van der Waals surface area contributed by atoms with Crippen LogP contribution in [-0.2, 0) is 6.54 Å². The van der Waals surface area contributed by atoms with E-state index in [-0.39, 0.29) is 0 Å². The number of nitrogens with zero attached hydrogens (tertiary/aromatic N) is 2. The van der Waals surface area contributed by atoms with Crippen LogP contribution in [-0.4, -0.2) is 16.1 Å². The Morgan fingerprint density at radius 2 is 2.26 bits per heavy atom. The number of hydrogen-bond acceptors (Lipinski definition) is 3. The van der Waals surface area contributed by atoms with Gasteiger partial charge in [0.25, 0.3) is 0 Å². The lowest BCUT2D eigenvalue weighted by atomic mass is 10.1. The smallest absolute Gasteiger partial charge is 0.153 e. The summed E-state index contributed by atoms with van der Waals surface area (Å²) in [6.07, 6.45) is 3.72. The van der Waals surface area contributed by atoms with Gasteiger partial charge in [0.2, 0.25) is 0 Å². The fraction of sp³-hybridized carbons (Fsp3) is 0.200. The lowest BCUT2D eigenvalue weighted by molar-refractivity contribution is 0.112. The van der Waals surface area contributed by atoms with E-state index in [1.54, 1.807) is 11.3 Å². The Bertz CT molecular complexity index is 727. The first-order valence-electron chi connectivity index (χ1n) is 6.32. The molecule has 0 radical (unpaired) electrons. The molecule has 2 aromatic heterocycles. The first kappa shape index (κ1) is 12.1. The summed E-state index contributed by atoms with van der Waals surface area (Å²) in [6.45, 7) is 2.93. The summed E-state index contributed by atoms with van der Waals surface area (Å²) in [7, 11) is 0. The number of fused-ring (bicyclic) bond motifs is 1. The van der Waals surface area contributed by atoms with E-state index in [4.69, 9.17) is 0 Å². The van der Waals surface area contributed by atoms with Crippen molar-refractivity contribution < 1.29 is 4.79 Å². The lowest BCUT2D eigenvalue weighted by Crippen LogP contribution is -1.96. The Balaban J connectivity index is 2.20. The summed E-state index contributed by atoms with van der Waals surface area (Å²) in [5, 5.41) is 7.83. The van der Waals surface area contributed by atoms with Crippen molar-refractivity contribution in [2.24, 2.45) is 0 Å². The van der Waals surface area contributed by atoms with Crippen LogP contribution < -0.4 is 0 Å². The standard InChI is InChI=1S/C15H14N2OS/c1-2-7-17-9-12(10-18)14(16-17)13-5-3-4-11-6-8-19-15(11)13/h3-6,8-10H,2,7H2,1H3. The third-order valence-corrected chi connectivity index (χ3v) is 4.07. The van der Waals surface area contributed by atoms with E-state index in [0.29, 0.717) is 5.56 Å². The molecule has 0 N–H and O–H groups in total. The van der Waals surface area contributed by atoms with E-state index in [1.165, 1.54) is 10.1 Å². The fourth-order valence-corrected chi connectivity index (χ4v) is 3.17. The molecule has 0 saturated carbocycles. The molecule has 0 unspecified atom stereocenters. The van der Waals surface area contributed by atoms with E-state index in [1.807, 2.05) is 23.0 Å². The number of aromatic nitrogens is 2. The van der Waals surface area contributed by atoms with Gasteiger partial charge in [-0.3, -0.25) is 9.48 Å². The highest BCUT2D eigenvalue weighted by molar-refractivity contribution is 7.17. The zero-order valence-corrected chi connectivity index (χ0v) is 11.5. The predicted molar refractivity (Wildman–Crippen MR) is 78.7 cm³/mol. The molecule has 3 rings (SSSR count). The van der Waals surface area contributed by atoms with Crippen LogP contribution >= 0.6 is 11.3 Å². The van der Waals surface area contributed by atoms with Gasteiger partial charge in [0, 0.05) is 23.0 Å². The normalized spacial score (nSPS) is 11.0. The molecule has 0 aliphatic heterocycles. The third-order valence-electron chi connectivity index (χ3n) is 3.10. The maximum Gasteiger partial charge on any atom is 0.153 e. The van der Waals surface area contributed by atoms with Crippen LogP contribution in [0.2, 0.25) is 0 Å². The number of hydrogen-bond donors (Lipinski definition) is 0. The number of benzene rings is 1.